The molecule has 1 heterocycles. The first kappa shape index (κ1) is 17.9. The Bertz CT molecular complexity index is 414. The molecule has 0 spiro atoms. The van der Waals surface area contributed by atoms with E-state index in [-0.39, 0.29) is 5.56 Å². The molecular weight excluding hydrogens is 355 g/mol. The van der Waals surface area contributed by atoms with Crippen LogP contribution in [0.4, 0.5) is 0 Å². The van der Waals surface area contributed by atoms with Crippen molar-refractivity contribution in [1.29, 1.82) is 0 Å². The fourth-order valence-corrected chi connectivity index (χ4v) is 19.9. The van der Waals surface area contributed by atoms with Crippen LogP contribution in [0.1, 0.15) is 59.3 Å². The molecule has 0 aromatic carbocycles. The SMILES string of the molecule is CCC[CH2][Sn]([CH2]CCC)([CH2]CCC)[c]1cc(=O)[nH]n1C. The van der Waals surface area contributed by atoms with Crippen LogP contribution < -0.4 is 9.27 Å². The van der Waals surface area contributed by atoms with Crippen molar-refractivity contribution in [1.82, 2.24) is 9.78 Å². The van der Waals surface area contributed by atoms with E-state index >= 15 is 0 Å². The van der Waals surface area contributed by atoms with Crippen molar-refractivity contribution < 1.29 is 0 Å². The molecule has 0 unspecified atom stereocenters. The van der Waals surface area contributed by atoms with E-state index < -0.39 is 18.4 Å². The van der Waals surface area contributed by atoms with Gasteiger partial charge in [-0.05, 0) is 0 Å². The van der Waals surface area contributed by atoms with Gasteiger partial charge in [-0.15, -0.1) is 0 Å². The first-order valence-corrected chi connectivity index (χ1v) is 15.8. The van der Waals surface area contributed by atoms with Gasteiger partial charge in [0.1, 0.15) is 0 Å². The number of nitrogens with zero attached hydrogens (tertiary/aromatic N) is 1. The second-order valence-electron chi connectivity index (χ2n) is 6.16. The number of hydrogen-bond donors (Lipinski definition) is 1. The Hall–Kier alpha value is -0.191. The van der Waals surface area contributed by atoms with Gasteiger partial charge in [0.15, 0.2) is 0 Å². The van der Waals surface area contributed by atoms with E-state index in [0.29, 0.717) is 0 Å². The maximum absolute atomic E-state index is 11.7. The molecule has 0 bridgehead atoms. The summed E-state index contributed by atoms with van der Waals surface area (Å²) in [6, 6.07) is 1.93. The zero-order valence-electron chi connectivity index (χ0n) is 13.8. The predicted octanol–water partition coefficient (Wildman–Crippen LogP) is 3.77. The van der Waals surface area contributed by atoms with Gasteiger partial charge in [0, 0.05) is 0 Å². The Morgan fingerprint density at radius 1 is 1.00 bits per heavy atom. The Balaban J connectivity index is 3.11. The van der Waals surface area contributed by atoms with Gasteiger partial charge in [-0.1, -0.05) is 0 Å². The number of aromatic amines is 1. The topological polar surface area (TPSA) is 37.8 Å². The van der Waals surface area contributed by atoms with Crippen molar-refractivity contribution >= 4 is 22.1 Å². The molecule has 0 atom stereocenters. The summed E-state index contributed by atoms with van der Waals surface area (Å²) >= 11 is -2.41. The average molecular weight is 387 g/mol. The molecule has 116 valence electrons. The Morgan fingerprint density at radius 3 is 1.75 bits per heavy atom. The summed E-state index contributed by atoms with van der Waals surface area (Å²) in [6.45, 7) is 6.85. The molecule has 1 N–H and O–H groups in total. The summed E-state index contributed by atoms with van der Waals surface area (Å²) < 4.78 is 7.72. The third-order valence-electron chi connectivity index (χ3n) is 4.48. The van der Waals surface area contributed by atoms with Crippen molar-refractivity contribution in [2.75, 3.05) is 0 Å². The fourth-order valence-electron chi connectivity index (χ4n) is 3.29. The van der Waals surface area contributed by atoms with E-state index in [9.17, 15) is 4.79 Å². The molecule has 0 amide bonds. The monoisotopic (exact) mass is 388 g/mol. The molecule has 1 aromatic heterocycles. The number of aryl methyl sites for hydroxylation is 1. The van der Waals surface area contributed by atoms with E-state index in [2.05, 4.69) is 30.6 Å². The van der Waals surface area contributed by atoms with Gasteiger partial charge in [0.25, 0.3) is 0 Å². The van der Waals surface area contributed by atoms with Crippen LogP contribution in [0.3, 0.4) is 0 Å². The van der Waals surface area contributed by atoms with Gasteiger partial charge in [-0.25, -0.2) is 0 Å². The summed E-state index contributed by atoms with van der Waals surface area (Å²) in [5.41, 5.74) is 0.0908. The maximum atomic E-state index is 11.7. The molecule has 20 heavy (non-hydrogen) atoms. The molecule has 1 rings (SSSR count). The van der Waals surface area contributed by atoms with Crippen molar-refractivity contribution in [3.63, 3.8) is 0 Å². The number of unbranched alkanes of at least 4 members (excludes halogenated alkanes) is 3. The van der Waals surface area contributed by atoms with E-state index in [0.717, 1.165) is 0 Å². The predicted molar refractivity (Wildman–Crippen MR) is 90.6 cm³/mol. The van der Waals surface area contributed by atoms with E-state index in [1.54, 1.807) is 0 Å². The van der Waals surface area contributed by atoms with Gasteiger partial charge in [0.05, 0.1) is 0 Å². The minimum atomic E-state index is -2.41. The summed E-state index contributed by atoms with van der Waals surface area (Å²) in [6.07, 6.45) is 7.83. The molecule has 1 aromatic rings. The molecule has 0 saturated carbocycles. The van der Waals surface area contributed by atoms with Crippen LogP contribution in [0.15, 0.2) is 10.9 Å². The first-order chi connectivity index (χ1) is 9.59. The van der Waals surface area contributed by atoms with E-state index in [4.69, 9.17) is 0 Å². The van der Waals surface area contributed by atoms with Crippen LogP contribution in [0.5, 0.6) is 0 Å². The van der Waals surface area contributed by atoms with Crippen molar-refractivity contribution in [3.05, 3.63) is 16.4 Å². The number of H-pyrrole nitrogens is 1. The molecule has 3 nitrogen and oxygen atoms in total. The second-order valence-corrected chi connectivity index (χ2v) is 19.2. The van der Waals surface area contributed by atoms with Crippen molar-refractivity contribution in [2.24, 2.45) is 7.05 Å². The molecule has 0 saturated heterocycles. The first-order valence-electron chi connectivity index (χ1n) is 8.36. The van der Waals surface area contributed by atoms with Gasteiger partial charge < -0.3 is 0 Å². The van der Waals surface area contributed by atoms with Crippen LogP contribution in [0, 0.1) is 0 Å². The van der Waals surface area contributed by atoms with Crippen LogP contribution in [0.2, 0.25) is 13.3 Å². The third kappa shape index (κ3) is 4.67. The van der Waals surface area contributed by atoms with Gasteiger partial charge in [0.2, 0.25) is 0 Å². The van der Waals surface area contributed by atoms with Crippen LogP contribution in [0.25, 0.3) is 0 Å². The third-order valence-corrected chi connectivity index (χ3v) is 20.2. The molecule has 4 heteroatoms. The molecule has 0 aliphatic rings. The van der Waals surface area contributed by atoms with E-state index in [1.807, 2.05) is 13.1 Å². The standard InChI is InChI=1S/C4H5N2O.3C4H9.Sn/c1-6-3-2-4(7)5-6;3*1-3-4-2;/h2H,1H3,(H,5,7);3*1,3-4H2,2H3;. The van der Waals surface area contributed by atoms with Crippen molar-refractivity contribution in [3.8, 4) is 0 Å². The number of rotatable bonds is 10. The van der Waals surface area contributed by atoms with Crippen LogP contribution in [-0.2, 0) is 7.05 Å². The van der Waals surface area contributed by atoms with Gasteiger partial charge in [-0.2, -0.15) is 0 Å². The molecule has 0 radical (unpaired) electrons. The summed E-state index contributed by atoms with van der Waals surface area (Å²) in [4.78, 5) is 11.7. The summed E-state index contributed by atoms with van der Waals surface area (Å²) in [5, 5.41) is 2.96. The van der Waals surface area contributed by atoms with Crippen LogP contribution in [-0.4, -0.2) is 28.2 Å². The van der Waals surface area contributed by atoms with Crippen LogP contribution >= 0.6 is 0 Å². The molecule has 0 fully saturated rings. The quantitative estimate of drug-likeness (QED) is 0.610. The Kier molecular flexibility index (Phi) is 8.00. The van der Waals surface area contributed by atoms with E-state index in [1.165, 1.54) is 55.5 Å². The Labute approximate surface area is 128 Å². The summed E-state index contributed by atoms with van der Waals surface area (Å²) in [5.74, 6) is 0. The summed E-state index contributed by atoms with van der Waals surface area (Å²) in [7, 11) is 2.03. The molecular formula is C16H32N2OSn. The second kappa shape index (κ2) is 8.96. The fraction of sp³-hybridized carbons (Fsp3) is 0.812. The van der Waals surface area contributed by atoms with Gasteiger partial charge in [-0.3, -0.25) is 0 Å². The number of hydrogen-bond acceptors (Lipinski definition) is 1. The molecule has 0 aliphatic heterocycles. The zero-order chi connectivity index (χ0) is 15.0. The number of nitrogens with one attached hydrogen (secondary N) is 1. The number of aromatic nitrogens is 2. The Morgan fingerprint density at radius 2 is 1.45 bits per heavy atom. The molecule has 0 aliphatic carbocycles. The zero-order valence-corrected chi connectivity index (χ0v) is 16.7. The van der Waals surface area contributed by atoms with Crippen molar-refractivity contribution in [2.45, 2.75) is 72.6 Å². The average Bonchev–Trinajstić information content (AvgIpc) is 2.78. The minimum absolute atomic E-state index is 0.0908. The van der Waals surface area contributed by atoms with Gasteiger partial charge >= 0.3 is 128 Å². The normalized spacial score (nSPS) is 12.0.